The molecule has 13 atom stereocenters. The number of hydrogen-bond donors (Lipinski definition) is 6. The minimum Gasteiger partial charge on any atom is -0.431 e. The van der Waals surface area contributed by atoms with Crippen LogP contribution in [0.1, 0.15) is 70.3 Å². The summed E-state index contributed by atoms with van der Waals surface area (Å²) in [5.41, 5.74) is -0.217. The van der Waals surface area contributed by atoms with Crippen molar-refractivity contribution in [3.63, 3.8) is 0 Å². The van der Waals surface area contributed by atoms with Crippen LogP contribution in [0.5, 0.6) is 0 Å². The summed E-state index contributed by atoms with van der Waals surface area (Å²) in [5.74, 6) is -0.0969. The van der Waals surface area contributed by atoms with Crippen molar-refractivity contribution in [1.29, 1.82) is 0 Å². The second-order valence-electron chi connectivity index (χ2n) is 13.3. The van der Waals surface area contributed by atoms with Gasteiger partial charge in [0.2, 0.25) is 0 Å². The van der Waals surface area contributed by atoms with Crippen LogP contribution < -0.4 is 5.63 Å². The van der Waals surface area contributed by atoms with Crippen molar-refractivity contribution in [3.8, 4) is 0 Å². The molecule has 10 heteroatoms. The van der Waals surface area contributed by atoms with Gasteiger partial charge in [-0.1, -0.05) is 25.5 Å². The summed E-state index contributed by atoms with van der Waals surface area (Å²) in [6, 6.07) is 3.08. The molecule has 222 valence electrons. The average Bonchev–Trinajstić information content (AvgIpc) is 3.14. The molecular formula is C30H42O10. The topological polar surface area (TPSA) is 170 Å². The molecule has 0 bridgehead atoms. The molecule has 1 aromatic rings. The number of aliphatic hydroxyl groups excluding tert-OH is 5. The van der Waals surface area contributed by atoms with Crippen LogP contribution in [-0.2, 0) is 9.47 Å². The van der Waals surface area contributed by atoms with Gasteiger partial charge in [-0.05, 0) is 67.4 Å². The van der Waals surface area contributed by atoms with E-state index in [0.717, 1.165) is 37.7 Å². The quantitative estimate of drug-likeness (QED) is 0.291. The van der Waals surface area contributed by atoms with Gasteiger partial charge in [-0.3, -0.25) is 0 Å². The highest BCUT2D eigenvalue weighted by Gasteiger charge is 2.69. The molecule has 1 saturated heterocycles. The Morgan fingerprint density at radius 2 is 1.77 bits per heavy atom. The summed E-state index contributed by atoms with van der Waals surface area (Å²) < 4.78 is 16.8. The molecule has 1 aromatic heterocycles. The molecule has 0 unspecified atom stereocenters. The molecule has 6 N–H and O–H groups in total. The Bertz CT molecular complexity index is 1180. The zero-order valence-electron chi connectivity index (χ0n) is 23.1. The Labute approximate surface area is 233 Å². The third-order valence-electron chi connectivity index (χ3n) is 11.5. The summed E-state index contributed by atoms with van der Waals surface area (Å²) in [6.07, 6.45) is 0.804. The van der Waals surface area contributed by atoms with Crippen LogP contribution in [0.15, 0.2) is 39.3 Å². The zero-order valence-corrected chi connectivity index (χ0v) is 23.1. The second kappa shape index (κ2) is 9.98. The molecule has 4 fully saturated rings. The van der Waals surface area contributed by atoms with Gasteiger partial charge in [-0.2, -0.15) is 0 Å². The van der Waals surface area contributed by atoms with E-state index in [-0.39, 0.29) is 35.7 Å². The number of hydrogen-bond acceptors (Lipinski definition) is 10. The summed E-state index contributed by atoms with van der Waals surface area (Å²) in [4.78, 5) is 11.6. The van der Waals surface area contributed by atoms with Gasteiger partial charge < -0.3 is 44.5 Å². The number of aliphatic hydroxyl groups is 6. The Hall–Kier alpha value is -1.63. The third kappa shape index (κ3) is 4.10. The van der Waals surface area contributed by atoms with Gasteiger partial charge >= 0.3 is 5.63 Å². The molecule has 5 aliphatic rings. The highest BCUT2D eigenvalue weighted by molar-refractivity contribution is 5.32. The van der Waals surface area contributed by atoms with Crippen molar-refractivity contribution < 1.29 is 44.5 Å². The normalized spacial score (nSPS) is 50.5. The van der Waals surface area contributed by atoms with Gasteiger partial charge in [0.15, 0.2) is 6.29 Å². The standard InChI is InChI=1S/C30H42O10/c1-28-9-7-17(39-27-26(36)25(35)24(34)21(13-31)40-27)11-16(28)4-5-19-18(28)8-10-29(2)23(20(32)12-30(19,29)37)15-3-6-22(33)38-14-15/h3,6,11,14,17-21,23-27,31-32,34-37H,4-5,7-10,12-13H2,1-2H3/t17-,18-,19+,20-,21+,23-,24+,25-,26+,27+,28-,29+,30-/m0/s1. The Balaban J connectivity index is 1.22. The Morgan fingerprint density at radius 3 is 2.48 bits per heavy atom. The molecule has 1 aliphatic heterocycles. The van der Waals surface area contributed by atoms with E-state index < -0.39 is 60.1 Å². The van der Waals surface area contributed by atoms with E-state index in [1.54, 1.807) is 6.07 Å². The third-order valence-corrected chi connectivity index (χ3v) is 11.5. The van der Waals surface area contributed by atoms with Gasteiger partial charge in [0.25, 0.3) is 0 Å². The minimum absolute atomic E-state index is 0.00619. The summed E-state index contributed by atoms with van der Waals surface area (Å²) in [7, 11) is 0. The van der Waals surface area contributed by atoms with Gasteiger partial charge in [-0.25, -0.2) is 4.79 Å². The summed E-state index contributed by atoms with van der Waals surface area (Å²) >= 11 is 0. The van der Waals surface area contributed by atoms with E-state index in [1.165, 1.54) is 17.9 Å². The molecule has 2 heterocycles. The Morgan fingerprint density at radius 1 is 1.00 bits per heavy atom. The predicted molar refractivity (Wildman–Crippen MR) is 141 cm³/mol. The maximum absolute atomic E-state index is 12.4. The molecule has 4 aliphatic carbocycles. The fourth-order valence-electron chi connectivity index (χ4n) is 9.30. The second-order valence-corrected chi connectivity index (χ2v) is 13.3. The van der Waals surface area contributed by atoms with E-state index in [2.05, 4.69) is 19.9 Å². The lowest BCUT2D eigenvalue weighted by Crippen LogP contribution is -2.61. The lowest BCUT2D eigenvalue weighted by Gasteiger charge is -2.61. The van der Waals surface area contributed by atoms with Gasteiger partial charge in [0.1, 0.15) is 24.4 Å². The van der Waals surface area contributed by atoms with E-state index in [0.29, 0.717) is 6.42 Å². The summed E-state index contributed by atoms with van der Waals surface area (Å²) in [6.45, 7) is 3.84. The molecule has 0 spiro atoms. The maximum atomic E-state index is 12.4. The molecular weight excluding hydrogens is 520 g/mol. The molecule has 40 heavy (non-hydrogen) atoms. The fourth-order valence-corrected chi connectivity index (χ4v) is 9.30. The first-order chi connectivity index (χ1) is 18.9. The number of rotatable bonds is 4. The number of ether oxygens (including phenoxy) is 2. The number of allylic oxidation sites excluding steroid dienone is 1. The van der Waals surface area contributed by atoms with Gasteiger partial charge in [0.05, 0.1) is 30.7 Å². The van der Waals surface area contributed by atoms with E-state index in [1.807, 2.05) is 0 Å². The predicted octanol–water partition coefficient (Wildman–Crippen LogP) is 0.957. The van der Waals surface area contributed by atoms with Crippen molar-refractivity contribution in [2.75, 3.05) is 6.61 Å². The first-order valence-corrected chi connectivity index (χ1v) is 14.6. The van der Waals surface area contributed by atoms with Crippen LogP contribution in [0.25, 0.3) is 0 Å². The van der Waals surface area contributed by atoms with E-state index in [9.17, 15) is 35.4 Å². The van der Waals surface area contributed by atoms with Gasteiger partial charge in [0, 0.05) is 23.8 Å². The van der Waals surface area contributed by atoms with Crippen LogP contribution in [0.4, 0.5) is 0 Å². The first-order valence-electron chi connectivity index (χ1n) is 14.6. The minimum atomic E-state index is -1.48. The van der Waals surface area contributed by atoms with E-state index in [4.69, 9.17) is 13.9 Å². The molecule has 6 rings (SSSR count). The SMILES string of the molecule is C[C@]12CC[C@H](O[C@@H]3O[C@H](CO)[C@@H](O)[C@H](O)[C@H]3O)C=C1CC[C@@H]1[C@@H]2CC[C@]2(C)[C@@H](c3ccc(=O)oc3)[C@@H](O)C[C@]12O. The largest absolute Gasteiger partial charge is 0.431 e. The lowest BCUT2D eigenvalue weighted by atomic mass is 9.45. The highest BCUT2D eigenvalue weighted by Crippen LogP contribution is 2.70. The molecule has 10 nitrogen and oxygen atoms in total. The Kier molecular flexibility index (Phi) is 7.11. The first kappa shape index (κ1) is 28.5. The fraction of sp³-hybridized carbons (Fsp3) is 0.767. The molecule has 3 saturated carbocycles. The maximum Gasteiger partial charge on any atom is 0.335 e. The summed E-state index contributed by atoms with van der Waals surface area (Å²) in [5, 5.41) is 63.8. The molecule has 0 aromatic carbocycles. The van der Waals surface area contributed by atoms with Crippen molar-refractivity contribution in [2.45, 2.75) is 113 Å². The zero-order chi connectivity index (χ0) is 28.6. The van der Waals surface area contributed by atoms with Gasteiger partial charge in [-0.15, -0.1) is 0 Å². The smallest absolute Gasteiger partial charge is 0.335 e. The van der Waals surface area contributed by atoms with Crippen LogP contribution in [0.2, 0.25) is 0 Å². The van der Waals surface area contributed by atoms with Crippen molar-refractivity contribution in [2.24, 2.45) is 22.7 Å². The lowest BCUT2D eigenvalue weighted by molar-refractivity contribution is -0.308. The van der Waals surface area contributed by atoms with Crippen LogP contribution in [0, 0.1) is 22.7 Å². The van der Waals surface area contributed by atoms with Crippen molar-refractivity contribution in [3.05, 3.63) is 46.0 Å². The van der Waals surface area contributed by atoms with Crippen LogP contribution >= 0.6 is 0 Å². The van der Waals surface area contributed by atoms with Crippen molar-refractivity contribution >= 4 is 0 Å². The highest BCUT2D eigenvalue weighted by atomic mass is 16.7. The molecule has 0 amide bonds. The van der Waals surface area contributed by atoms with E-state index >= 15 is 0 Å². The average molecular weight is 563 g/mol. The monoisotopic (exact) mass is 562 g/mol. The van der Waals surface area contributed by atoms with Crippen molar-refractivity contribution in [1.82, 2.24) is 0 Å². The number of fused-ring (bicyclic) bond motifs is 5. The van der Waals surface area contributed by atoms with Crippen LogP contribution in [-0.4, -0.2) is 85.8 Å². The van der Waals surface area contributed by atoms with Crippen LogP contribution in [0.3, 0.4) is 0 Å². The molecule has 0 radical (unpaired) electrons.